The molecule has 1 aliphatic rings. The minimum absolute atomic E-state index is 0.00777. The highest BCUT2D eigenvalue weighted by atomic mass is 32.1. The second-order valence-electron chi connectivity index (χ2n) is 9.60. The zero-order valence-electron chi connectivity index (χ0n) is 21.0. The van der Waals surface area contributed by atoms with E-state index in [2.05, 4.69) is 17.0 Å². The van der Waals surface area contributed by atoms with Gasteiger partial charge in [0.05, 0.1) is 18.0 Å². The van der Waals surface area contributed by atoms with Crippen LogP contribution >= 0.6 is 11.3 Å². The number of carbonyl (C=O) groups excluding carboxylic acids is 1. The number of methoxy groups -OCH3 is 1. The summed E-state index contributed by atoms with van der Waals surface area (Å²) in [7, 11) is 1.59. The van der Waals surface area contributed by atoms with Crippen LogP contribution in [0, 0.1) is 11.8 Å². The number of carboxylic acid groups (broad SMARTS) is 1. The van der Waals surface area contributed by atoms with Crippen LogP contribution in [0.3, 0.4) is 0 Å². The van der Waals surface area contributed by atoms with E-state index in [4.69, 9.17) is 4.74 Å². The number of hydrogen-bond donors (Lipinski definition) is 1. The number of thiophene rings is 1. The third-order valence-electron chi connectivity index (χ3n) is 7.05. The topological polar surface area (TPSA) is 97.0 Å². The molecule has 1 aromatic carbocycles. The van der Waals surface area contributed by atoms with E-state index >= 15 is 0 Å². The highest BCUT2D eigenvalue weighted by Crippen LogP contribution is 2.39. The molecule has 5 rings (SSSR count). The lowest BCUT2D eigenvalue weighted by Gasteiger charge is -2.31. The van der Waals surface area contributed by atoms with Gasteiger partial charge >= 0.3 is 5.97 Å². The summed E-state index contributed by atoms with van der Waals surface area (Å²) in [6, 6.07) is 13.4. The molecule has 192 valence electrons. The highest BCUT2D eigenvalue weighted by Gasteiger charge is 2.32. The SMILES string of the molecule is COCCN(c1cc(-c2ccc(-c3cc4ncccn4n3)cc2)sc1C(=O)O)C(=O)[C@H]1CC[C@H](C)CC1. The molecule has 0 spiro atoms. The van der Waals surface area contributed by atoms with Crippen molar-refractivity contribution in [3.8, 4) is 21.7 Å². The van der Waals surface area contributed by atoms with Gasteiger partial charge in [-0.3, -0.25) is 4.79 Å². The van der Waals surface area contributed by atoms with Gasteiger partial charge in [0, 0.05) is 48.5 Å². The molecule has 1 saturated carbocycles. The van der Waals surface area contributed by atoms with Crippen molar-refractivity contribution >= 4 is 34.5 Å². The summed E-state index contributed by atoms with van der Waals surface area (Å²) in [6.07, 6.45) is 7.29. The quantitative estimate of drug-likeness (QED) is 0.325. The number of benzene rings is 1. The number of aromatic carboxylic acids is 1. The van der Waals surface area contributed by atoms with Gasteiger partial charge in [-0.25, -0.2) is 14.3 Å². The van der Waals surface area contributed by atoms with Crippen LogP contribution in [0.1, 0.15) is 42.3 Å². The fourth-order valence-electron chi connectivity index (χ4n) is 4.91. The number of anilines is 1. The first-order valence-corrected chi connectivity index (χ1v) is 13.3. The van der Waals surface area contributed by atoms with Crippen LogP contribution in [0.4, 0.5) is 5.69 Å². The van der Waals surface area contributed by atoms with Crippen LogP contribution in [0.15, 0.2) is 54.9 Å². The maximum Gasteiger partial charge on any atom is 0.348 e. The van der Waals surface area contributed by atoms with E-state index in [1.165, 1.54) is 11.3 Å². The zero-order chi connectivity index (χ0) is 25.9. The van der Waals surface area contributed by atoms with Crippen molar-refractivity contribution in [2.45, 2.75) is 32.6 Å². The first kappa shape index (κ1) is 25.1. The molecule has 0 bridgehead atoms. The molecular weight excluding hydrogens is 488 g/mol. The maximum atomic E-state index is 13.6. The van der Waals surface area contributed by atoms with Crippen molar-refractivity contribution in [3.05, 3.63) is 59.7 Å². The summed E-state index contributed by atoms with van der Waals surface area (Å²) >= 11 is 1.19. The molecule has 37 heavy (non-hydrogen) atoms. The number of fused-ring (bicyclic) bond motifs is 1. The smallest absolute Gasteiger partial charge is 0.348 e. The number of rotatable bonds is 8. The number of hydrogen-bond acceptors (Lipinski definition) is 6. The van der Waals surface area contributed by atoms with Gasteiger partial charge < -0.3 is 14.7 Å². The Labute approximate surface area is 219 Å². The van der Waals surface area contributed by atoms with Crippen LogP contribution in [-0.4, -0.2) is 51.8 Å². The van der Waals surface area contributed by atoms with E-state index in [0.29, 0.717) is 24.8 Å². The molecule has 3 heterocycles. The van der Waals surface area contributed by atoms with Gasteiger partial charge in [-0.1, -0.05) is 31.2 Å². The lowest BCUT2D eigenvalue weighted by molar-refractivity contribution is -0.123. The average Bonchev–Trinajstić information content (AvgIpc) is 3.55. The van der Waals surface area contributed by atoms with Gasteiger partial charge in [0.2, 0.25) is 5.91 Å². The van der Waals surface area contributed by atoms with E-state index in [1.54, 1.807) is 22.7 Å². The minimum Gasteiger partial charge on any atom is -0.477 e. The molecule has 1 aliphatic carbocycles. The Morgan fingerprint density at radius 2 is 1.86 bits per heavy atom. The standard InChI is InChI=1S/C28H30N4O4S/c1-18-4-6-21(7-5-18)27(33)31(14-15-36-2)23-17-24(37-26(23)28(34)35)20-10-8-19(9-11-20)22-16-25-29-12-3-13-32(25)30-22/h3,8-13,16-18,21H,4-7,14-15H2,1-2H3,(H,34,35)/t18-,21-. The normalized spacial score (nSPS) is 17.7. The van der Waals surface area contributed by atoms with Crippen LogP contribution in [0.5, 0.6) is 0 Å². The van der Waals surface area contributed by atoms with Gasteiger partial charge in [-0.15, -0.1) is 11.3 Å². The summed E-state index contributed by atoms with van der Waals surface area (Å²) in [5, 5.41) is 14.6. The fourth-order valence-corrected chi connectivity index (χ4v) is 5.92. The number of aromatic nitrogens is 3. The van der Waals surface area contributed by atoms with Crippen molar-refractivity contribution in [1.29, 1.82) is 0 Å². The van der Waals surface area contributed by atoms with E-state index in [9.17, 15) is 14.7 Å². The van der Waals surface area contributed by atoms with Crippen molar-refractivity contribution in [2.24, 2.45) is 11.8 Å². The molecule has 1 amide bonds. The molecule has 8 nitrogen and oxygen atoms in total. The Morgan fingerprint density at radius 1 is 1.14 bits per heavy atom. The molecule has 1 fully saturated rings. The van der Waals surface area contributed by atoms with Crippen molar-refractivity contribution in [2.75, 3.05) is 25.2 Å². The van der Waals surface area contributed by atoms with Gasteiger partial charge in [0.15, 0.2) is 5.65 Å². The predicted octanol–water partition coefficient (Wildman–Crippen LogP) is 5.63. The number of ether oxygens (including phenoxy) is 1. The molecule has 9 heteroatoms. The van der Waals surface area contributed by atoms with Crippen LogP contribution in [-0.2, 0) is 9.53 Å². The molecule has 0 unspecified atom stereocenters. The molecule has 4 aromatic rings. The second kappa shape index (κ2) is 10.8. The molecule has 1 N–H and O–H groups in total. The van der Waals surface area contributed by atoms with Gasteiger partial charge in [0.25, 0.3) is 0 Å². The monoisotopic (exact) mass is 518 g/mol. The predicted molar refractivity (Wildman–Crippen MR) is 144 cm³/mol. The summed E-state index contributed by atoms with van der Waals surface area (Å²) in [5.41, 5.74) is 3.84. The number of carbonyl (C=O) groups is 2. The lowest BCUT2D eigenvalue weighted by Crippen LogP contribution is -2.40. The molecule has 0 saturated heterocycles. The van der Waals surface area contributed by atoms with Crippen molar-refractivity contribution in [1.82, 2.24) is 14.6 Å². The fraction of sp³-hybridized carbons (Fsp3) is 0.357. The minimum atomic E-state index is -1.03. The van der Waals surface area contributed by atoms with Gasteiger partial charge in [-0.2, -0.15) is 5.10 Å². The third-order valence-corrected chi connectivity index (χ3v) is 8.21. The van der Waals surface area contributed by atoms with Gasteiger partial charge in [-0.05, 0) is 49.3 Å². The summed E-state index contributed by atoms with van der Waals surface area (Å²) < 4.78 is 7.00. The second-order valence-corrected chi connectivity index (χ2v) is 10.7. The Hall–Kier alpha value is -3.56. The Morgan fingerprint density at radius 3 is 2.54 bits per heavy atom. The van der Waals surface area contributed by atoms with E-state index in [-0.39, 0.29) is 16.7 Å². The Kier molecular flexibility index (Phi) is 7.34. The molecular formula is C28H30N4O4S. The number of carboxylic acids is 1. The van der Waals surface area contributed by atoms with Crippen molar-refractivity contribution < 1.29 is 19.4 Å². The summed E-state index contributed by atoms with van der Waals surface area (Å²) in [4.78, 5) is 32.7. The zero-order valence-corrected chi connectivity index (χ0v) is 21.8. The van der Waals surface area contributed by atoms with Crippen LogP contribution < -0.4 is 4.90 Å². The van der Waals surface area contributed by atoms with Crippen molar-refractivity contribution in [3.63, 3.8) is 0 Å². The molecule has 0 atom stereocenters. The molecule has 3 aromatic heterocycles. The molecule has 0 radical (unpaired) electrons. The Bertz CT molecular complexity index is 1370. The maximum absolute atomic E-state index is 13.6. The van der Waals surface area contributed by atoms with E-state index in [0.717, 1.165) is 53.0 Å². The van der Waals surface area contributed by atoms with E-state index < -0.39 is 5.97 Å². The average molecular weight is 519 g/mol. The summed E-state index contributed by atoms with van der Waals surface area (Å²) in [6.45, 7) is 2.87. The largest absolute Gasteiger partial charge is 0.477 e. The van der Waals surface area contributed by atoms with Crippen LogP contribution in [0.25, 0.3) is 27.3 Å². The molecule has 0 aliphatic heterocycles. The van der Waals surface area contributed by atoms with Crippen LogP contribution in [0.2, 0.25) is 0 Å². The number of amides is 1. The first-order valence-electron chi connectivity index (χ1n) is 12.5. The lowest BCUT2D eigenvalue weighted by atomic mass is 9.82. The number of nitrogens with zero attached hydrogens (tertiary/aromatic N) is 4. The van der Waals surface area contributed by atoms with Gasteiger partial charge in [0.1, 0.15) is 4.88 Å². The Balaban J connectivity index is 1.45. The first-order chi connectivity index (χ1) is 17.9. The highest BCUT2D eigenvalue weighted by molar-refractivity contribution is 7.18. The van der Waals surface area contributed by atoms with E-state index in [1.807, 2.05) is 48.7 Å². The summed E-state index contributed by atoms with van der Waals surface area (Å²) in [5.74, 6) is -0.505. The third kappa shape index (κ3) is 5.28.